The highest BCUT2D eigenvalue weighted by Gasteiger charge is 2.25. The van der Waals surface area contributed by atoms with Gasteiger partial charge in [-0.05, 0) is 17.5 Å². The largest absolute Gasteiger partial charge is 0.358 e. The van der Waals surface area contributed by atoms with Gasteiger partial charge in [0.2, 0.25) is 0 Å². The number of hydrogen-bond acceptors (Lipinski definition) is 2. The van der Waals surface area contributed by atoms with Crippen molar-refractivity contribution in [1.29, 1.82) is 0 Å². The zero-order chi connectivity index (χ0) is 13.6. The molecule has 2 aromatic rings. The highest BCUT2D eigenvalue weighted by molar-refractivity contribution is 5.15. The zero-order valence-corrected chi connectivity index (χ0v) is 11.6. The summed E-state index contributed by atoms with van der Waals surface area (Å²) in [6, 6.07) is 20.9. The maximum Gasteiger partial charge on any atom is 0.114 e. The number of hydrogen-bond donors (Lipinski definition) is 0. The Morgan fingerprint density at radius 3 is 2.25 bits per heavy atom. The minimum absolute atomic E-state index is 0.135. The Hall–Kier alpha value is -1.64. The first-order valence-corrected chi connectivity index (χ1v) is 7.19. The molecule has 1 unspecified atom stereocenters. The predicted octanol–water partition coefficient (Wildman–Crippen LogP) is 3.64. The molecule has 1 fully saturated rings. The maximum absolute atomic E-state index is 6.04. The SMILES string of the molecule is [CH]1CCN(Cc2ccccc2)C1OCc1ccccc1. The van der Waals surface area contributed by atoms with Gasteiger partial charge in [0.05, 0.1) is 6.61 Å². The quantitative estimate of drug-likeness (QED) is 0.819. The van der Waals surface area contributed by atoms with Gasteiger partial charge in [0.1, 0.15) is 6.23 Å². The van der Waals surface area contributed by atoms with Gasteiger partial charge in [-0.1, -0.05) is 60.7 Å². The van der Waals surface area contributed by atoms with Crippen molar-refractivity contribution in [3.8, 4) is 0 Å². The Labute approximate surface area is 121 Å². The normalized spacial score (nSPS) is 19.3. The summed E-state index contributed by atoms with van der Waals surface area (Å²) in [6.07, 6.45) is 3.51. The van der Waals surface area contributed by atoms with Crippen LogP contribution in [0.1, 0.15) is 17.5 Å². The van der Waals surface area contributed by atoms with Crippen LogP contribution in [0.15, 0.2) is 60.7 Å². The molecule has 0 aromatic heterocycles. The van der Waals surface area contributed by atoms with E-state index >= 15 is 0 Å². The molecule has 0 bridgehead atoms. The van der Waals surface area contributed by atoms with Gasteiger partial charge in [0, 0.05) is 19.5 Å². The Kier molecular flexibility index (Phi) is 4.46. The van der Waals surface area contributed by atoms with Gasteiger partial charge in [-0.2, -0.15) is 0 Å². The third-order valence-electron chi connectivity index (χ3n) is 3.64. The van der Waals surface area contributed by atoms with E-state index in [0.29, 0.717) is 6.61 Å². The third-order valence-corrected chi connectivity index (χ3v) is 3.64. The summed E-state index contributed by atoms with van der Waals surface area (Å²) in [7, 11) is 0. The molecule has 2 heteroatoms. The molecule has 3 rings (SSSR count). The van der Waals surface area contributed by atoms with Gasteiger partial charge >= 0.3 is 0 Å². The monoisotopic (exact) mass is 266 g/mol. The van der Waals surface area contributed by atoms with Crippen LogP contribution in [0, 0.1) is 6.42 Å². The lowest BCUT2D eigenvalue weighted by atomic mass is 10.2. The fourth-order valence-electron chi connectivity index (χ4n) is 2.58. The summed E-state index contributed by atoms with van der Waals surface area (Å²) in [5.74, 6) is 0. The molecule has 1 radical (unpaired) electrons. The molecule has 2 aromatic carbocycles. The van der Waals surface area contributed by atoms with E-state index in [2.05, 4.69) is 65.9 Å². The molecule has 1 saturated heterocycles. The topological polar surface area (TPSA) is 12.5 Å². The van der Waals surface area contributed by atoms with Crippen LogP contribution in [0.3, 0.4) is 0 Å². The lowest BCUT2D eigenvalue weighted by molar-refractivity contribution is -0.0308. The van der Waals surface area contributed by atoms with Crippen LogP contribution >= 0.6 is 0 Å². The fourth-order valence-corrected chi connectivity index (χ4v) is 2.58. The molecule has 2 nitrogen and oxygen atoms in total. The van der Waals surface area contributed by atoms with Crippen LogP contribution in [0.2, 0.25) is 0 Å². The van der Waals surface area contributed by atoms with Gasteiger partial charge in [-0.15, -0.1) is 0 Å². The van der Waals surface area contributed by atoms with Crippen LogP contribution in [0.5, 0.6) is 0 Å². The second-order valence-electron chi connectivity index (χ2n) is 5.17. The number of benzene rings is 2. The van der Waals surface area contributed by atoms with Gasteiger partial charge in [-0.3, -0.25) is 4.90 Å². The Morgan fingerprint density at radius 1 is 0.900 bits per heavy atom. The second kappa shape index (κ2) is 6.69. The van der Waals surface area contributed by atoms with Crippen molar-refractivity contribution in [3.05, 3.63) is 78.2 Å². The average molecular weight is 266 g/mol. The molecule has 0 aliphatic carbocycles. The van der Waals surface area contributed by atoms with Gasteiger partial charge in [-0.25, -0.2) is 0 Å². The van der Waals surface area contributed by atoms with Gasteiger partial charge in [0.15, 0.2) is 0 Å². The number of rotatable bonds is 5. The van der Waals surface area contributed by atoms with Crippen LogP contribution in [-0.2, 0) is 17.9 Å². The summed E-state index contributed by atoms with van der Waals surface area (Å²) >= 11 is 0. The number of nitrogens with zero attached hydrogens (tertiary/aromatic N) is 1. The summed E-state index contributed by atoms with van der Waals surface area (Å²) in [5, 5.41) is 0. The molecule has 1 heterocycles. The molecule has 103 valence electrons. The minimum Gasteiger partial charge on any atom is -0.358 e. The Balaban J connectivity index is 1.56. The van der Waals surface area contributed by atoms with E-state index in [1.807, 2.05) is 6.07 Å². The van der Waals surface area contributed by atoms with Crippen molar-refractivity contribution >= 4 is 0 Å². The highest BCUT2D eigenvalue weighted by atomic mass is 16.5. The lowest BCUT2D eigenvalue weighted by Gasteiger charge is -2.24. The molecule has 0 N–H and O–H groups in total. The average Bonchev–Trinajstić information content (AvgIpc) is 2.94. The summed E-state index contributed by atoms with van der Waals surface area (Å²) < 4.78 is 6.04. The number of likely N-dealkylation sites (tertiary alicyclic amines) is 1. The highest BCUT2D eigenvalue weighted by Crippen LogP contribution is 2.21. The lowest BCUT2D eigenvalue weighted by Crippen LogP contribution is -2.31. The Bertz CT molecular complexity index is 511. The van der Waals surface area contributed by atoms with E-state index in [-0.39, 0.29) is 6.23 Å². The molecule has 1 atom stereocenters. The van der Waals surface area contributed by atoms with Crippen molar-refractivity contribution in [2.75, 3.05) is 6.54 Å². The first-order chi connectivity index (χ1) is 9.92. The second-order valence-corrected chi connectivity index (χ2v) is 5.17. The van der Waals surface area contributed by atoms with Crippen molar-refractivity contribution in [3.63, 3.8) is 0 Å². The molecule has 0 amide bonds. The standard InChI is InChI=1S/C18H20NO/c1-3-8-16(9-4-1)14-19-13-7-12-18(19)20-15-17-10-5-2-6-11-17/h1-6,8-12,18H,7,13-15H2. The third kappa shape index (κ3) is 3.47. The van der Waals surface area contributed by atoms with Crippen molar-refractivity contribution in [2.45, 2.75) is 25.8 Å². The van der Waals surface area contributed by atoms with Gasteiger partial charge < -0.3 is 4.74 Å². The first-order valence-electron chi connectivity index (χ1n) is 7.19. The minimum atomic E-state index is 0.135. The van der Waals surface area contributed by atoms with E-state index < -0.39 is 0 Å². The van der Waals surface area contributed by atoms with Crippen LogP contribution in [0.25, 0.3) is 0 Å². The molecular formula is C18H20NO. The van der Waals surface area contributed by atoms with E-state index in [9.17, 15) is 0 Å². The molecule has 0 spiro atoms. The van der Waals surface area contributed by atoms with Crippen molar-refractivity contribution < 1.29 is 4.74 Å². The van der Waals surface area contributed by atoms with Gasteiger partial charge in [0.25, 0.3) is 0 Å². The first kappa shape index (κ1) is 13.3. The molecular weight excluding hydrogens is 246 g/mol. The van der Waals surface area contributed by atoms with Crippen LogP contribution in [0.4, 0.5) is 0 Å². The van der Waals surface area contributed by atoms with E-state index in [4.69, 9.17) is 4.74 Å². The fraction of sp³-hybridized carbons (Fsp3) is 0.278. The van der Waals surface area contributed by atoms with E-state index in [0.717, 1.165) is 19.5 Å². The predicted molar refractivity (Wildman–Crippen MR) is 80.8 cm³/mol. The molecule has 0 saturated carbocycles. The maximum atomic E-state index is 6.04. The molecule has 20 heavy (non-hydrogen) atoms. The van der Waals surface area contributed by atoms with Crippen LogP contribution in [-0.4, -0.2) is 17.7 Å². The van der Waals surface area contributed by atoms with Crippen LogP contribution < -0.4 is 0 Å². The van der Waals surface area contributed by atoms with Crippen molar-refractivity contribution in [1.82, 2.24) is 4.90 Å². The smallest absolute Gasteiger partial charge is 0.114 e. The Morgan fingerprint density at radius 2 is 1.55 bits per heavy atom. The van der Waals surface area contributed by atoms with E-state index in [1.54, 1.807) is 0 Å². The van der Waals surface area contributed by atoms with E-state index in [1.165, 1.54) is 11.1 Å². The number of ether oxygens (including phenoxy) is 1. The molecule has 1 aliphatic rings. The summed E-state index contributed by atoms with van der Waals surface area (Å²) in [4.78, 5) is 2.39. The van der Waals surface area contributed by atoms with Crippen molar-refractivity contribution in [2.24, 2.45) is 0 Å². The molecule has 1 aliphatic heterocycles. The zero-order valence-electron chi connectivity index (χ0n) is 11.6. The summed E-state index contributed by atoms with van der Waals surface area (Å²) in [5.41, 5.74) is 2.57. The summed E-state index contributed by atoms with van der Waals surface area (Å²) in [6.45, 7) is 2.71.